The molecule has 4 heteroatoms. The van der Waals surface area contributed by atoms with Crippen LogP contribution >= 0.6 is 0 Å². The van der Waals surface area contributed by atoms with Crippen LogP contribution in [0.3, 0.4) is 0 Å². The molecule has 0 radical (unpaired) electrons. The highest BCUT2D eigenvalue weighted by molar-refractivity contribution is 5.93. The first-order valence-corrected chi connectivity index (χ1v) is 4.86. The highest BCUT2D eigenvalue weighted by atomic mass is 16.5. The van der Waals surface area contributed by atoms with Crippen molar-refractivity contribution in [2.24, 2.45) is 5.73 Å². The molecule has 0 bridgehead atoms. The van der Waals surface area contributed by atoms with Crippen LogP contribution in [0.2, 0.25) is 0 Å². The Morgan fingerprint density at radius 3 is 2.36 bits per heavy atom. The van der Waals surface area contributed by atoms with Gasteiger partial charge in [-0.25, -0.2) is 4.79 Å². The van der Waals surface area contributed by atoms with Gasteiger partial charge in [0.1, 0.15) is 6.10 Å². The van der Waals surface area contributed by atoms with Crippen molar-refractivity contribution in [1.29, 1.82) is 0 Å². The van der Waals surface area contributed by atoms with E-state index in [0.29, 0.717) is 0 Å². The third kappa shape index (κ3) is 4.07. The third-order valence-corrected chi connectivity index (χ3v) is 2.22. The molecule has 1 aliphatic carbocycles. The molecule has 0 atom stereocenters. The fourth-order valence-electron chi connectivity index (χ4n) is 1.54. The standard InChI is InChI=1S/C10H15NO3/c11-9(12)6-7-10(13)14-8-4-2-1-3-5-8/h6-8H,1-5H2,(H2,11,12). The van der Waals surface area contributed by atoms with Crippen molar-refractivity contribution in [3.8, 4) is 0 Å². The number of amides is 1. The second kappa shape index (κ2) is 5.42. The summed E-state index contributed by atoms with van der Waals surface area (Å²) in [6.07, 6.45) is 7.41. The number of hydrogen-bond acceptors (Lipinski definition) is 3. The van der Waals surface area contributed by atoms with Gasteiger partial charge in [-0.3, -0.25) is 4.79 Å². The molecule has 0 spiro atoms. The molecule has 14 heavy (non-hydrogen) atoms. The zero-order chi connectivity index (χ0) is 10.4. The van der Waals surface area contributed by atoms with E-state index in [1.54, 1.807) is 0 Å². The summed E-state index contributed by atoms with van der Waals surface area (Å²) in [4.78, 5) is 21.4. The predicted molar refractivity (Wildman–Crippen MR) is 51.3 cm³/mol. The van der Waals surface area contributed by atoms with E-state index >= 15 is 0 Å². The van der Waals surface area contributed by atoms with E-state index in [2.05, 4.69) is 0 Å². The minimum atomic E-state index is -0.634. The SMILES string of the molecule is NC(=O)C=CC(=O)OC1CCCCC1. The van der Waals surface area contributed by atoms with Crippen LogP contribution in [0.1, 0.15) is 32.1 Å². The van der Waals surface area contributed by atoms with Crippen molar-refractivity contribution in [3.05, 3.63) is 12.2 Å². The van der Waals surface area contributed by atoms with Crippen LogP contribution in [0, 0.1) is 0 Å². The fraction of sp³-hybridized carbons (Fsp3) is 0.600. The minimum Gasteiger partial charge on any atom is -0.459 e. The van der Waals surface area contributed by atoms with E-state index in [1.807, 2.05) is 0 Å². The van der Waals surface area contributed by atoms with Crippen LogP contribution in [0.25, 0.3) is 0 Å². The maximum atomic E-state index is 11.1. The average Bonchev–Trinajstić information content (AvgIpc) is 2.16. The molecule has 0 heterocycles. The molecule has 0 aliphatic heterocycles. The summed E-state index contributed by atoms with van der Waals surface area (Å²) in [5.41, 5.74) is 4.84. The highest BCUT2D eigenvalue weighted by Crippen LogP contribution is 2.20. The molecule has 1 fully saturated rings. The summed E-state index contributed by atoms with van der Waals surface area (Å²) in [5.74, 6) is -1.11. The molecule has 0 unspecified atom stereocenters. The van der Waals surface area contributed by atoms with E-state index in [4.69, 9.17) is 10.5 Å². The number of esters is 1. The molecule has 0 saturated heterocycles. The van der Waals surface area contributed by atoms with Crippen molar-refractivity contribution in [2.75, 3.05) is 0 Å². The molecule has 1 rings (SSSR count). The van der Waals surface area contributed by atoms with E-state index in [1.165, 1.54) is 6.42 Å². The second-order valence-electron chi connectivity index (χ2n) is 3.43. The van der Waals surface area contributed by atoms with Crippen molar-refractivity contribution in [3.63, 3.8) is 0 Å². The Balaban J connectivity index is 2.28. The Morgan fingerprint density at radius 1 is 1.14 bits per heavy atom. The normalized spacial score (nSPS) is 18.3. The smallest absolute Gasteiger partial charge is 0.331 e. The zero-order valence-corrected chi connectivity index (χ0v) is 8.07. The van der Waals surface area contributed by atoms with Gasteiger partial charge in [-0.2, -0.15) is 0 Å². The summed E-state index contributed by atoms with van der Waals surface area (Å²) in [6.45, 7) is 0. The number of ether oxygens (including phenoxy) is 1. The maximum absolute atomic E-state index is 11.1. The van der Waals surface area contributed by atoms with Gasteiger partial charge in [0.25, 0.3) is 0 Å². The molecular formula is C10H15NO3. The summed E-state index contributed by atoms with van der Waals surface area (Å²) >= 11 is 0. The predicted octanol–water partition coefficient (Wildman–Crippen LogP) is 0.904. The zero-order valence-electron chi connectivity index (χ0n) is 8.07. The van der Waals surface area contributed by atoms with Crippen LogP contribution in [0.4, 0.5) is 0 Å². The number of rotatable bonds is 3. The van der Waals surface area contributed by atoms with Gasteiger partial charge in [-0.05, 0) is 25.7 Å². The lowest BCUT2D eigenvalue weighted by Crippen LogP contribution is -2.20. The van der Waals surface area contributed by atoms with E-state index < -0.39 is 11.9 Å². The Labute approximate surface area is 83.1 Å². The number of primary amides is 1. The fourth-order valence-corrected chi connectivity index (χ4v) is 1.54. The lowest BCUT2D eigenvalue weighted by Gasteiger charge is -2.20. The van der Waals surface area contributed by atoms with Gasteiger partial charge in [-0.15, -0.1) is 0 Å². The average molecular weight is 197 g/mol. The van der Waals surface area contributed by atoms with Crippen LogP contribution in [0.5, 0.6) is 0 Å². The molecule has 2 N–H and O–H groups in total. The lowest BCUT2D eigenvalue weighted by atomic mass is 9.98. The lowest BCUT2D eigenvalue weighted by molar-refractivity contribution is -0.144. The van der Waals surface area contributed by atoms with E-state index in [0.717, 1.165) is 37.8 Å². The van der Waals surface area contributed by atoms with Crippen molar-refractivity contribution < 1.29 is 14.3 Å². The van der Waals surface area contributed by atoms with Gasteiger partial charge in [0.05, 0.1) is 0 Å². The highest BCUT2D eigenvalue weighted by Gasteiger charge is 2.16. The monoisotopic (exact) mass is 197 g/mol. The van der Waals surface area contributed by atoms with E-state index in [9.17, 15) is 9.59 Å². The van der Waals surface area contributed by atoms with Gasteiger partial charge in [0, 0.05) is 12.2 Å². The molecule has 78 valence electrons. The van der Waals surface area contributed by atoms with Crippen molar-refractivity contribution in [1.82, 2.24) is 0 Å². The molecule has 1 saturated carbocycles. The van der Waals surface area contributed by atoms with Crippen molar-refractivity contribution in [2.45, 2.75) is 38.2 Å². The Kier molecular flexibility index (Phi) is 4.16. The Bertz CT molecular complexity index is 242. The summed E-state index contributed by atoms with van der Waals surface area (Å²) in [6, 6.07) is 0. The number of carbonyl (C=O) groups excluding carboxylic acids is 2. The van der Waals surface area contributed by atoms with E-state index in [-0.39, 0.29) is 6.10 Å². The maximum Gasteiger partial charge on any atom is 0.331 e. The van der Waals surface area contributed by atoms with Crippen molar-refractivity contribution >= 4 is 11.9 Å². The summed E-state index contributed by atoms with van der Waals surface area (Å²) in [7, 11) is 0. The van der Waals surface area contributed by atoms with Gasteiger partial charge >= 0.3 is 5.97 Å². The largest absolute Gasteiger partial charge is 0.459 e. The topological polar surface area (TPSA) is 69.4 Å². The van der Waals surface area contributed by atoms with Crippen LogP contribution in [0.15, 0.2) is 12.2 Å². The molecule has 4 nitrogen and oxygen atoms in total. The summed E-state index contributed by atoms with van der Waals surface area (Å²) < 4.78 is 5.11. The first-order chi connectivity index (χ1) is 6.68. The molecule has 0 aromatic rings. The van der Waals surface area contributed by atoms with Gasteiger partial charge in [0.2, 0.25) is 5.91 Å². The molecule has 0 aromatic heterocycles. The Morgan fingerprint density at radius 2 is 1.79 bits per heavy atom. The second-order valence-corrected chi connectivity index (χ2v) is 3.43. The van der Waals surface area contributed by atoms with Crippen LogP contribution in [-0.2, 0) is 14.3 Å². The molecule has 1 aliphatic rings. The molecule has 1 amide bonds. The van der Waals surface area contributed by atoms with Gasteiger partial charge < -0.3 is 10.5 Å². The molecule has 0 aromatic carbocycles. The van der Waals surface area contributed by atoms with Crippen LogP contribution < -0.4 is 5.73 Å². The number of carbonyl (C=O) groups is 2. The number of hydrogen-bond donors (Lipinski definition) is 1. The minimum absolute atomic E-state index is 0.0220. The third-order valence-electron chi connectivity index (χ3n) is 2.22. The van der Waals surface area contributed by atoms with Crippen LogP contribution in [-0.4, -0.2) is 18.0 Å². The molecular weight excluding hydrogens is 182 g/mol. The first-order valence-electron chi connectivity index (χ1n) is 4.86. The van der Waals surface area contributed by atoms with Gasteiger partial charge in [0.15, 0.2) is 0 Å². The number of nitrogens with two attached hydrogens (primary N) is 1. The Hall–Kier alpha value is -1.32. The quantitative estimate of drug-likeness (QED) is 0.540. The van der Waals surface area contributed by atoms with Gasteiger partial charge in [-0.1, -0.05) is 6.42 Å². The first kappa shape index (κ1) is 10.8. The summed E-state index contributed by atoms with van der Waals surface area (Å²) in [5, 5.41) is 0.